The lowest BCUT2D eigenvalue weighted by Crippen LogP contribution is -2.42. The van der Waals surface area contributed by atoms with Crippen LogP contribution in [0.4, 0.5) is 10.5 Å². The maximum absolute atomic E-state index is 12.0. The summed E-state index contributed by atoms with van der Waals surface area (Å²) < 4.78 is 0. The Labute approximate surface area is 111 Å². The molecule has 6 heteroatoms. The Balaban J connectivity index is 1.88. The number of aryl methyl sites for hydroxylation is 1. The Morgan fingerprint density at radius 1 is 1.37 bits per heavy atom. The van der Waals surface area contributed by atoms with Gasteiger partial charge in [0.15, 0.2) is 0 Å². The molecule has 0 atom stereocenters. The molecular weight excluding hydrogens is 246 g/mol. The van der Waals surface area contributed by atoms with E-state index in [4.69, 9.17) is 5.11 Å². The second-order valence-electron chi connectivity index (χ2n) is 4.72. The van der Waals surface area contributed by atoms with Gasteiger partial charge in [-0.1, -0.05) is 0 Å². The van der Waals surface area contributed by atoms with E-state index in [9.17, 15) is 9.59 Å². The first-order valence-electron chi connectivity index (χ1n) is 6.27. The highest BCUT2D eigenvalue weighted by atomic mass is 16.4. The number of carbonyl (C=O) groups is 2. The van der Waals surface area contributed by atoms with Gasteiger partial charge in [-0.15, -0.1) is 0 Å². The third-order valence-electron chi connectivity index (χ3n) is 3.29. The summed E-state index contributed by atoms with van der Waals surface area (Å²) in [5, 5.41) is 11.7. The Morgan fingerprint density at radius 3 is 2.58 bits per heavy atom. The molecule has 1 aliphatic heterocycles. The predicted octanol–water partition coefficient (Wildman–Crippen LogP) is 1.72. The van der Waals surface area contributed by atoms with Gasteiger partial charge in [-0.05, 0) is 31.9 Å². The maximum atomic E-state index is 12.0. The van der Waals surface area contributed by atoms with Crippen molar-refractivity contribution in [2.45, 2.75) is 19.8 Å². The van der Waals surface area contributed by atoms with Crippen molar-refractivity contribution in [1.29, 1.82) is 0 Å². The number of nitrogens with zero attached hydrogens (tertiary/aromatic N) is 2. The molecular formula is C13H17N3O3. The zero-order chi connectivity index (χ0) is 13.8. The van der Waals surface area contributed by atoms with Crippen LogP contribution in [-0.4, -0.2) is 40.1 Å². The highest BCUT2D eigenvalue weighted by molar-refractivity contribution is 5.89. The van der Waals surface area contributed by atoms with Gasteiger partial charge in [0, 0.05) is 18.8 Å². The van der Waals surface area contributed by atoms with E-state index in [1.165, 1.54) is 0 Å². The van der Waals surface area contributed by atoms with Crippen LogP contribution in [0.5, 0.6) is 0 Å². The van der Waals surface area contributed by atoms with Crippen molar-refractivity contribution >= 4 is 17.7 Å². The number of amides is 2. The fraction of sp³-hybridized carbons (Fsp3) is 0.462. The lowest BCUT2D eigenvalue weighted by Gasteiger charge is -2.30. The van der Waals surface area contributed by atoms with Crippen molar-refractivity contribution in [3.8, 4) is 0 Å². The van der Waals surface area contributed by atoms with Crippen molar-refractivity contribution in [1.82, 2.24) is 9.88 Å². The zero-order valence-corrected chi connectivity index (χ0v) is 10.8. The number of hydrogen-bond acceptors (Lipinski definition) is 3. The second-order valence-corrected chi connectivity index (χ2v) is 4.72. The summed E-state index contributed by atoms with van der Waals surface area (Å²) in [5.74, 6) is -1.10. The minimum absolute atomic E-state index is 0.200. The molecule has 0 aromatic carbocycles. The van der Waals surface area contributed by atoms with Crippen molar-refractivity contribution in [3.63, 3.8) is 0 Å². The highest BCUT2D eigenvalue weighted by Crippen LogP contribution is 2.18. The summed E-state index contributed by atoms with van der Waals surface area (Å²) in [6.07, 6.45) is 2.63. The van der Waals surface area contributed by atoms with Gasteiger partial charge in [-0.2, -0.15) is 0 Å². The molecule has 1 fully saturated rings. The standard InChI is InChI=1S/C13H17N3O3/c1-9-2-3-11(8-14-9)15-13(19)16-6-4-10(5-7-16)12(17)18/h2-3,8,10H,4-7H2,1H3,(H,15,19)(H,17,18). The highest BCUT2D eigenvalue weighted by Gasteiger charge is 2.26. The van der Waals surface area contributed by atoms with Gasteiger partial charge < -0.3 is 15.3 Å². The third kappa shape index (κ3) is 3.43. The van der Waals surface area contributed by atoms with E-state index in [0.717, 1.165) is 5.69 Å². The molecule has 2 amide bonds. The average Bonchev–Trinajstić information content (AvgIpc) is 2.41. The number of likely N-dealkylation sites (tertiary alicyclic amines) is 1. The third-order valence-corrected chi connectivity index (χ3v) is 3.29. The molecule has 0 bridgehead atoms. The lowest BCUT2D eigenvalue weighted by atomic mass is 9.97. The quantitative estimate of drug-likeness (QED) is 0.851. The Morgan fingerprint density at radius 2 is 2.05 bits per heavy atom. The van der Waals surface area contributed by atoms with Crippen LogP contribution in [0, 0.1) is 12.8 Å². The molecule has 6 nitrogen and oxygen atoms in total. The van der Waals surface area contributed by atoms with Crippen LogP contribution in [0.15, 0.2) is 18.3 Å². The molecule has 1 aromatic rings. The van der Waals surface area contributed by atoms with Crippen molar-refractivity contribution in [2.75, 3.05) is 18.4 Å². The number of carboxylic acids is 1. The van der Waals surface area contributed by atoms with Gasteiger partial charge in [0.25, 0.3) is 0 Å². The molecule has 0 spiro atoms. The summed E-state index contributed by atoms with van der Waals surface area (Å²) in [6, 6.07) is 3.42. The van der Waals surface area contributed by atoms with Crippen LogP contribution in [-0.2, 0) is 4.79 Å². The SMILES string of the molecule is Cc1ccc(NC(=O)N2CCC(C(=O)O)CC2)cn1. The van der Waals surface area contributed by atoms with E-state index < -0.39 is 5.97 Å². The van der Waals surface area contributed by atoms with Crippen molar-refractivity contribution < 1.29 is 14.7 Å². The number of aromatic nitrogens is 1. The van der Waals surface area contributed by atoms with Crippen LogP contribution in [0.25, 0.3) is 0 Å². The summed E-state index contributed by atoms with van der Waals surface area (Å²) in [4.78, 5) is 28.5. The van der Waals surface area contributed by atoms with Crippen LogP contribution in [0.2, 0.25) is 0 Å². The second kappa shape index (κ2) is 5.69. The van der Waals surface area contributed by atoms with Crippen LogP contribution < -0.4 is 5.32 Å². The lowest BCUT2D eigenvalue weighted by molar-refractivity contribution is -0.143. The summed E-state index contributed by atoms with van der Waals surface area (Å²) in [6.45, 7) is 2.83. The first-order valence-corrected chi connectivity index (χ1v) is 6.27. The number of urea groups is 1. The van der Waals surface area contributed by atoms with Gasteiger partial charge in [0.1, 0.15) is 0 Å². The van der Waals surface area contributed by atoms with E-state index in [-0.39, 0.29) is 11.9 Å². The molecule has 19 heavy (non-hydrogen) atoms. The molecule has 0 radical (unpaired) electrons. The summed E-state index contributed by atoms with van der Waals surface area (Å²) in [7, 11) is 0. The van der Waals surface area contributed by atoms with Crippen LogP contribution in [0.1, 0.15) is 18.5 Å². The Bertz CT molecular complexity index is 465. The van der Waals surface area contributed by atoms with E-state index in [1.54, 1.807) is 17.2 Å². The van der Waals surface area contributed by atoms with Gasteiger partial charge in [0.05, 0.1) is 17.8 Å². The van der Waals surface area contributed by atoms with Gasteiger partial charge in [-0.25, -0.2) is 4.79 Å². The molecule has 1 saturated heterocycles. The average molecular weight is 263 g/mol. The number of pyridine rings is 1. The molecule has 2 heterocycles. The molecule has 1 aliphatic rings. The monoisotopic (exact) mass is 263 g/mol. The summed E-state index contributed by atoms with van der Waals surface area (Å²) in [5.41, 5.74) is 1.54. The van der Waals surface area contributed by atoms with E-state index in [1.807, 2.05) is 13.0 Å². The smallest absolute Gasteiger partial charge is 0.321 e. The minimum atomic E-state index is -0.775. The predicted molar refractivity (Wildman–Crippen MR) is 69.9 cm³/mol. The topological polar surface area (TPSA) is 82.5 Å². The number of piperidine rings is 1. The van der Waals surface area contributed by atoms with E-state index in [2.05, 4.69) is 10.3 Å². The molecule has 2 rings (SSSR count). The number of hydrogen-bond donors (Lipinski definition) is 2. The molecule has 2 N–H and O–H groups in total. The Kier molecular flexibility index (Phi) is 3.99. The first kappa shape index (κ1) is 13.3. The first-order chi connectivity index (χ1) is 9.06. The van der Waals surface area contributed by atoms with Gasteiger partial charge in [0.2, 0.25) is 0 Å². The van der Waals surface area contributed by atoms with Gasteiger partial charge in [-0.3, -0.25) is 9.78 Å². The normalized spacial score (nSPS) is 16.2. The fourth-order valence-electron chi connectivity index (χ4n) is 2.07. The van der Waals surface area contributed by atoms with Gasteiger partial charge >= 0.3 is 12.0 Å². The van der Waals surface area contributed by atoms with Crippen LogP contribution in [0.3, 0.4) is 0 Å². The van der Waals surface area contributed by atoms with E-state index in [0.29, 0.717) is 31.6 Å². The minimum Gasteiger partial charge on any atom is -0.481 e. The molecule has 1 aromatic heterocycles. The number of rotatable bonds is 2. The zero-order valence-electron chi connectivity index (χ0n) is 10.8. The van der Waals surface area contributed by atoms with Crippen LogP contribution >= 0.6 is 0 Å². The van der Waals surface area contributed by atoms with Crippen molar-refractivity contribution in [2.24, 2.45) is 5.92 Å². The number of carbonyl (C=O) groups excluding carboxylic acids is 1. The number of nitrogens with one attached hydrogen (secondary N) is 1. The largest absolute Gasteiger partial charge is 0.481 e. The molecule has 102 valence electrons. The molecule has 0 saturated carbocycles. The van der Waals surface area contributed by atoms with E-state index >= 15 is 0 Å². The fourth-order valence-corrected chi connectivity index (χ4v) is 2.07. The summed E-state index contributed by atoms with van der Waals surface area (Å²) >= 11 is 0. The Hall–Kier alpha value is -2.11. The molecule has 0 aliphatic carbocycles. The van der Waals surface area contributed by atoms with Crippen molar-refractivity contribution in [3.05, 3.63) is 24.0 Å². The molecule has 0 unspecified atom stereocenters. The number of anilines is 1. The number of aliphatic carboxylic acids is 1. The number of carboxylic acid groups (broad SMARTS) is 1. The maximum Gasteiger partial charge on any atom is 0.321 e.